The van der Waals surface area contributed by atoms with Gasteiger partial charge in [-0.2, -0.15) is 0 Å². The van der Waals surface area contributed by atoms with Crippen molar-refractivity contribution < 1.29 is 9.13 Å². The molecule has 1 fully saturated rings. The van der Waals surface area contributed by atoms with E-state index >= 15 is 0 Å². The lowest BCUT2D eigenvalue weighted by Gasteiger charge is -2.36. The average Bonchev–Trinajstić information content (AvgIpc) is 2.56. The van der Waals surface area contributed by atoms with Gasteiger partial charge in [0.15, 0.2) is 0 Å². The van der Waals surface area contributed by atoms with E-state index in [4.69, 9.17) is 4.74 Å². The monoisotopic (exact) mass is 378 g/mol. The SMILES string of the molecule is COc1ccc(F)cc1C(c1cccc(Br)c1)N1CCNCC1. The molecule has 0 saturated carbocycles. The van der Waals surface area contributed by atoms with Crippen LogP contribution in [0.3, 0.4) is 0 Å². The number of piperazine rings is 1. The summed E-state index contributed by atoms with van der Waals surface area (Å²) in [5, 5.41) is 3.37. The highest BCUT2D eigenvalue weighted by Crippen LogP contribution is 2.36. The fraction of sp³-hybridized carbons (Fsp3) is 0.333. The summed E-state index contributed by atoms with van der Waals surface area (Å²) in [7, 11) is 1.63. The molecule has 3 nitrogen and oxygen atoms in total. The van der Waals surface area contributed by atoms with Crippen molar-refractivity contribution in [3.05, 3.63) is 63.9 Å². The molecular weight excluding hydrogens is 359 g/mol. The van der Waals surface area contributed by atoms with Crippen LogP contribution in [0.25, 0.3) is 0 Å². The zero-order valence-electron chi connectivity index (χ0n) is 13.1. The number of nitrogens with one attached hydrogen (secondary N) is 1. The average molecular weight is 379 g/mol. The minimum atomic E-state index is -0.240. The number of benzene rings is 2. The van der Waals surface area contributed by atoms with Gasteiger partial charge in [0.25, 0.3) is 0 Å². The molecule has 1 aliphatic heterocycles. The first-order valence-corrected chi connectivity index (χ1v) is 8.52. The summed E-state index contributed by atoms with van der Waals surface area (Å²) in [5.41, 5.74) is 2.00. The molecule has 23 heavy (non-hydrogen) atoms. The molecule has 1 aliphatic rings. The van der Waals surface area contributed by atoms with E-state index in [0.717, 1.165) is 47.5 Å². The fourth-order valence-electron chi connectivity index (χ4n) is 3.12. The van der Waals surface area contributed by atoms with Gasteiger partial charge in [-0.15, -0.1) is 0 Å². The third-order valence-electron chi connectivity index (χ3n) is 4.17. The molecule has 1 unspecified atom stereocenters. The van der Waals surface area contributed by atoms with Gasteiger partial charge >= 0.3 is 0 Å². The quantitative estimate of drug-likeness (QED) is 0.879. The molecule has 1 saturated heterocycles. The van der Waals surface area contributed by atoms with Crippen LogP contribution in [0.4, 0.5) is 4.39 Å². The molecule has 1 N–H and O–H groups in total. The molecule has 122 valence electrons. The number of methoxy groups -OCH3 is 1. The lowest BCUT2D eigenvalue weighted by atomic mass is 9.95. The van der Waals surface area contributed by atoms with Crippen LogP contribution < -0.4 is 10.1 Å². The van der Waals surface area contributed by atoms with Crippen molar-refractivity contribution in [2.75, 3.05) is 33.3 Å². The zero-order chi connectivity index (χ0) is 16.2. The maximum Gasteiger partial charge on any atom is 0.124 e. The van der Waals surface area contributed by atoms with Crippen LogP contribution >= 0.6 is 15.9 Å². The summed E-state index contributed by atoms with van der Waals surface area (Å²) < 4.78 is 20.4. The Morgan fingerprint density at radius 1 is 1.17 bits per heavy atom. The first kappa shape index (κ1) is 16.4. The second-order valence-electron chi connectivity index (χ2n) is 5.63. The van der Waals surface area contributed by atoms with E-state index in [2.05, 4.69) is 38.3 Å². The molecule has 0 radical (unpaired) electrons. The maximum atomic E-state index is 13.9. The number of ether oxygens (including phenoxy) is 1. The van der Waals surface area contributed by atoms with Gasteiger partial charge in [0.1, 0.15) is 11.6 Å². The van der Waals surface area contributed by atoms with Crippen LogP contribution in [0.5, 0.6) is 5.75 Å². The summed E-state index contributed by atoms with van der Waals surface area (Å²) in [6, 6.07) is 12.9. The summed E-state index contributed by atoms with van der Waals surface area (Å²) in [6.45, 7) is 3.69. The number of nitrogens with zero attached hydrogens (tertiary/aromatic N) is 1. The second kappa shape index (κ2) is 7.43. The van der Waals surface area contributed by atoms with Crippen LogP contribution in [0.2, 0.25) is 0 Å². The molecule has 0 amide bonds. The Morgan fingerprint density at radius 2 is 1.96 bits per heavy atom. The van der Waals surface area contributed by atoms with E-state index in [1.807, 2.05) is 12.1 Å². The minimum absolute atomic E-state index is 0.0275. The van der Waals surface area contributed by atoms with Crippen molar-refractivity contribution in [1.82, 2.24) is 10.2 Å². The number of halogens is 2. The third kappa shape index (κ3) is 3.74. The van der Waals surface area contributed by atoms with Crippen LogP contribution in [0.15, 0.2) is 46.9 Å². The normalized spacial score (nSPS) is 17.0. The summed E-state index contributed by atoms with van der Waals surface area (Å²) in [4.78, 5) is 2.37. The Kier molecular flexibility index (Phi) is 5.30. The molecule has 1 heterocycles. The number of rotatable bonds is 4. The third-order valence-corrected chi connectivity index (χ3v) is 4.66. The van der Waals surface area contributed by atoms with Crippen molar-refractivity contribution in [2.24, 2.45) is 0 Å². The molecule has 0 aromatic heterocycles. The lowest BCUT2D eigenvalue weighted by Crippen LogP contribution is -2.45. The van der Waals surface area contributed by atoms with Gasteiger partial charge in [0.2, 0.25) is 0 Å². The molecule has 3 rings (SSSR count). The topological polar surface area (TPSA) is 24.5 Å². The van der Waals surface area contributed by atoms with E-state index < -0.39 is 0 Å². The summed E-state index contributed by atoms with van der Waals surface area (Å²) in [6.07, 6.45) is 0. The van der Waals surface area contributed by atoms with Gasteiger partial charge < -0.3 is 10.1 Å². The highest BCUT2D eigenvalue weighted by molar-refractivity contribution is 9.10. The zero-order valence-corrected chi connectivity index (χ0v) is 14.6. The number of hydrogen-bond donors (Lipinski definition) is 1. The molecule has 2 aromatic rings. The molecule has 1 atom stereocenters. The Balaban J connectivity index is 2.09. The Hall–Kier alpha value is -1.43. The summed E-state index contributed by atoms with van der Waals surface area (Å²) >= 11 is 3.54. The van der Waals surface area contributed by atoms with Crippen molar-refractivity contribution >= 4 is 15.9 Å². The minimum Gasteiger partial charge on any atom is -0.496 e. The van der Waals surface area contributed by atoms with Crippen LogP contribution in [-0.2, 0) is 0 Å². The van der Waals surface area contributed by atoms with Crippen LogP contribution in [-0.4, -0.2) is 38.2 Å². The van der Waals surface area contributed by atoms with Gasteiger partial charge in [-0.3, -0.25) is 4.90 Å². The smallest absolute Gasteiger partial charge is 0.124 e. The van der Waals surface area contributed by atoms with E-state index in [0.29, 0.717) is 0 Å². The van der Waals surface area contributed by atoms with Crippen molar-refractivity contribution in [3.8, 4) is 5.75 Å². The van der Waals surface area contributed by atoms with Crippen LogP contribution in [0.1, 0.15) is 17.2 Å². The van der Waals surface area contributed by atoms with Gasteiger partial charge in [-0.05, 0) is 35.9 Å². The first-order chi connectivity index (χ1) is 11.2. The molecular formula is C18H20BrFN2O. The molecule has 2 aromatic carbocycles. The standard InChI is InChI=1S/C18H20BrFN2O/c1-23-17-6-5-15(20)12-16(17)18(22-9-7-21-8-10-22)13-3-2-4-14(19)11-13/h2-6,11-12,18,21H,7-10H2,1H3. The predicted octanol–water partition coefficient (Wildman–Crippen LogP) is 3.59. The van der Waals surface area contributed by atoms with Gasteiger partial charge in [-0.1, -0.05) is 28.1 Å². The summed E-state index contributed by atoms with van der Waals surface area (Å²) in [5.74, 6) is 0.478. The van der Waals surface area contributed by atoms with Crippen molar-refractivity contribution in [1.29, 1.82) is 0 Å². The second-order valence-corrected chi connectivity index (χ2v) is 6.55. The van der Waals surface area contributed by atoms with E-state index in [9.17, 15) is 4.39 Å². The molecule has 5 heteroatoms. The molecule has 0 bridgehead atoms. The Morgan fingerprint density at radius 3 is 2.65 bits per heavy atom. The Bertz CT molecular complexity index is 674. The maximum absolute atomic E-state index is 13.9. The van der Waals surface area contributed by atoms with Crippen molar-refractivity contribution in [3.63, 3.8) is 0 Å². The van der Waals surface area contributed by atoms with Gasteiger partial charge in [0, 0.05) is 36.2 Å². The Labute approximate surface area is 144 Å². The number of hydrogen-bond acceptors (Lipinski definition) is 3. The van der Waals surface area contributed by atoms with E-state index in [1.54, 1.807) is 19.2 Å². The fourth-order valence-corrected chi connectivity index (χ4v) is 3.54. The lowest BCUT2D eigenvalue weighted by molar-refractivity contribution is 0.195. The first-order valence-electron chi connectivity index (χ1n) is 7.72. The van der Waals surface area contributed by atoms with Gasteiger partial charge in [0.05, 0.1) is 13.2 Å². The van der Waals surface area contributed by atoms with Crippen LogP contribution in [0, 0.1) is 5.82 Å². The predicted molar refractivity (Wildman–Crippen MR) is 93.4 cm³/mol. The van der Waals surface area contributed by atoms with E-state index in [1.165, 1.54) is 6.07 Å². The molecule has 0 spiro atoms. The largest absolute Gasteiger partial charge is 0.496 e. The van der Waals surface area contributed by atoms with Gasteiger partial charge in [-0.25, -0.2) is 4.39 Å². The van der Waals surface area contributed by atoms with Crippen molar-refractivity contribution in [2.45, 2.75) is 6.04 Å². The van der Waals surface area contributed by atoms with E-state index in [-0.39, 0.29) is 11.9 Å². The highest BCUT2D eigenvalue weighted by Gasteiger charge is 2.27. The molecule has 0 aliphatic carbocycles. The highest BCUT2D eigenvalue weighted by atomic mass is 79.9.